The van der Waals surface area contributed by atoms with E-state index in [2.05, 4.69) is 45.3 Å². The Bertz CT molecular complexity index is 2260. The highest BCUT2D eigenvalue weighted by Gasteiger charge is 2.45. The first-order valence-electron chi connectivity index (χ1n) is 19.7. The lowest BCUT2D eigenvalue weighted by molar-refractivity contribution is -0.136. The van der Waals surface area contributed by atoms with Crippen LogP contribution in [0, 0.1) is 0 Å². The number of anilines is 3. The Kier molecular flexibility index (Phi) is 12.2. The lowest BCUT2D eigenvalue weighted by Gasteiger charge is -2.27. The first kappa shape index (κ1) is 40.9. The van der Waals surface area contributed by atoms with Gasteiger partial charge in [-0.2, -0.15) is 0 Å². The number of amides is 5. The third kappa shape index (κ3) is 8.48. The van der Waals surface area contributed by atoms with Crippen LogP contribution in [0.3, 0.4) is 0 Å². The lowest BCUT2D eigenvalue weighted by atomic mass is 10.0. The number of aliphatic hydroxyl groups excluding tert-OH is 1. The minimum atomic E-state index is -1.05. The van der Waals surface area contributed by atoms with Crippen LogP contribution in [0.15, 0.2) is 48.8 Å². The molecule has 0 aliphatic carbocycles. The monoisotopic (exact) mass is 808 g/mol. The molecule has 0 radical (unpaired) electrons. The smallest absolute Gasteiger partial charge is 0.264 e. The summed E-state index contributed by atoms with van der Waals surface area (Å²) in [6.45, 7) is 8.55. The van der Waals surface area contributed by atoms with E-state index in [-0.39, 0.29) is 68.8 Å². The number of pyridine rings is 2. The molecule has 0 saturated carbocycles. The van der Waals surface area contributed by atoms with Crippen LogP contribution < -0.4 is 31.1 Å². The number of rotatable bonds is 17. The molecule has 19 nitrogen and oxygen atoms in total. The molecule has 19 heteroatoms. The molecule has 310 valence electrons. The van der Waals surface area contributed by atoms with E-state index in [9.17, 15) is 29.1 Å². The van der Waals surface area contributed by atoms with Crippen molar-refractivity contribution in [2.24, 2.45) is 0 Å². The zero-order valence-corrected chi connectivity index (χ0v) is 33.4. The van der Waals surface area contributed by atoms with Crippen molar-refractivity contribution in [3.05, 3.63) is 76.7 Å². The SMILES string of the molecule is CCn1cnnc1-c1cccc(N2Cc3c(cc(N(C)C(C)C)nc3CNCC(=O)NCCOCCNc3cccc4c3C(=O)N(C3CCC(=O)NC3=O)C4=O)C2O)n1. The number of benzene rings is 1. The molecule has 5 amide bonds. The van der Waals surface area contributed by atoms with Gasteiger partial charge in [0, 0.05) is 69.0 Å². The standard InChI is InChI=1S/C40H48N12O7/c1-5-50-22-44-48-36(50)28-10-7-11-31(45-28)51-21-26-25(38(51)56)18-32(49(4)23(2)3)46-29(26)19-41-20-34(54)43-15-17-59-16-14-42-27-9-6-8-24-35(27)40(58)52(39(24)57)30-12-13-33(53)47-37(30)55/h6-11,18,22-23,30,38,41-42,56H,5,12-17,19-21H2,1-4H3,(H,43,54)(H,47,53,55). The Labute approximate surface area is 340 Å². The fourth-order valence-electron chi connectivity index (χ4n) is 7.30. The molecule has 0 spiro atoms. The zero-order valence-electron chi connectivity index (χ0n) is 33.4. The second-order valence-electron chi connectivity index (χ2n) is 14.7. The maximum Gasteiger partial charge on any atom is 0.264 e. The summed E-state index contributed by atoms with van der Waals surface area (Å²) < 4.78 is 7.59. The highest BCUT2D eigenvalue weighted by Crippen LogP contribution is 2.39. The van der Waals surface area contributed by atoms with Crippen molar-refractivity contribution in [2.75, 3.05) is 55.0 Å². The van der Waals surface area contributed by atoms with E-state index in [0.29, 0.717) is 48.5 Å². The van der Waals surface area contributed by atoms with E-state index >= 15 is 0 Å². The molecular formula is C40H48N12O7. The molecule has 2 unspecified atom stereocenters. The van der Waals surface area contributed by atoms with Crippen LogP contribution in [0.25, 0.3) is 11.5 Å². The number of aryl methyl sites for hydroxylation is 1. The van der Waals surface area contributed by atoms with Gasteiger partial charge in [-0.05, 0) is 57.5 Å². The van der Waals surface area contributed by atoms with Gasteiger partial charge in [0.15, 0.2) is 12.1 Å². The Morgan fingerprint density at radius 3 is 2.64 bits per heavy atom. The van der Waals surface area contributed by atoms with Crippen molar-refractivity contribution in [3.63, 3.8) is 0 Å². The predicted molar refractivity (Wildman–Crippen MR) is 215 cm³/mol. The molecule has 5 N–H and O–H groups in total. The Hall–Kier alpha value is -6.31. The summed E-state index contributed by atoms with van der Waals surface area (Å²) in [4.78, 5) is 77.7. The third-order valence-electron chi connectivity index (χ3n) is 10.7. The van der Waals surface area contributed by atoms with Gasteiger partial charge in [-0.15, -0.1) is 10.2 Å². The van der Waals surface area contributed by atoms with Gasteiger partial charge in [-0.1, -0.05) is 12.1 Å². The van der Waals surface area contributed by atoms with Gasteiger partial charge in [-0.3, -0.25) is 34.2 Å². The molecule has 4 aromatic rings. The van der Waals surface area contributed by atoms with Crippen molar-refractivity contribution >= 4 is 46.9 Å². The molecule has 3 aliphatic rings. The number of ether oxygens (including phenoxy) is 1. The average molecular weight is 809 g/mol. The van der Waals surface area contributed by atoms with Gasteiger partial charge in [0.2, 0.25) is 17.7 Å². The number of nitrogens with zero attached hydrogens (tertiary/aromatic N) is 8. The molecular weight excluding hydrogens is 761 g/mol. The van der Waals surface area contributed by atoms with Crippen LogP contribution in [0.5, 0.6) is 0 Å². The normalized spacial score (nSPS) is 17.4. The number of nitrogens with one attached hydrogen (secondary N) is 4. The Morgan fingerprint density at radius 1 is 1.07 bits per heavy atom. The van der Waals surface area contributed by atoms with E-state index in [0.717, 1.165) is 21.7 Å². The minimum Gasteiger partial charge on any atom is -0.382 e. The highest BCUT2D eigenvalue weighted by atomic mass is 16.5. The second kappa shape index (κ2) is 17.7. The largest absolute Gasteiger partial charge is 0.382 e. The number of aromatic nitrogens is 5. The van der Waals surface area contributed by atoms with Crippen LogP contribution in [0.2, 0.25) is 0 Å². The molecule has 1 aromatic carbocycles. The number of carbonyl (C=O) groups is 5. The average Bonchev–Trinajstić information content (AvgIpc) is 3.91. The van der Waals surface area contributed by atoms with Crippen LogP contribution in [-0.4, -0.2) is 116 Å². The third-order valence-corrected chi connectivity index (χ3v) is 10.7. The van der Waals surface area contributed by atoms with Crippen LogP contribution >= 0.6 is 0 Å². The van der Waals surface area contributed by atoms with Gasteiger partial charge in [-0.25, -0.2) is 9.97 Å². The molecule has 1 fully saturated rings. The van der Waals surface area contributed by atoms with Crippen molar-refractivity contribution in [2.45, 2.75) is 71.6 Å². The van der Waals surface area contributed by atoms with E-state index in [1.165, 1.54) is 6.07 Å². The van der Waals surface area contributed by atoms with E-state index in [1.807, 2.05) is 52.6 Å². The van der Waals surface area contributed by atoms with Crippen molar-refractivity contribution in [3.8, 4) is 11.5 Å². The molecule has 59 heavy (non-hydrogen) atoms. The zero-order chi connectivity index (χ0) is 41.8. The summed E-state index contributed by atoms with van der Waals surface area (Å²) in [5.41, 5.74) is 3.74. The molecule has 3 aliphatic heterocycles. The number of hydrogen-bond donors (Lipinski definition) is 5. The predicted octanol–water partition coefficient (Wildman–Crippen LogP) is 1.35. The molecule has 3 aromatic heterocycles. The first-order chi connectivity index (χ1) is 28.5. The molecule has 2 atom stereocenters. The van der Waals surface area contributed by atoms with Crippen LogP contribution in [0.4, 0.5) is 17.3 Å². The summed E-state index contributed by atoms with van der Waals surface area (Å²) in [6, 6.07) is 11.5. The van der Waals surface area contributed by atoms with Gasteiger partial charge >= 0.3 is 0 Å². The number of imide groups is 2. The summed E-state index contributed by atoms with van der Waals surface area (Å²) in [5.74, 6) is -0.572. The Balaban J connectivity index is 0.888. The van der Waals surface area contributed by atoms with Crippen molar-refractivity contribution in [1.29, 1.82) is 0 Å². The topological polar surface area (TPSA) is 229 Å². The molecule has 6 heterocycles. The van der Waals surface area contributed by atoms with E-state index in [4.69, 9.17) is 14.7 Å². The van der Waals surface area contributed by atoms with Gasteiger partial charge in [0.25, 0.3) is 11.8 Å². The van der Waals surface area contributed by atoms with Crippen molar-refractivity contribution in [1.82, 2.24) is 45.6 Å². The maximum atomic E-state index is 13.3. The molecule has 7 rings (SSSR count). The van der Waals surface area contributed by atoms with E-state index < -0.39 is 35.9 Å². The fraction of sp³-hybridized carbons (Fsp3) is 0.425. The van der Waals surface area contributed by atoms with Crippen LogP contribution in [0.1, 0.15) is 77.4 Å². The van der Waals surface area contributed by atoms with Crippen molar-refractivity contribution < 1.29 is 33.8 Å². The quantitative estimate of drug-likeness (QED) is 0.0749. The molecule has 0 bridgehead atoms. The summed E-state index contributed by atoms with van der Waals surface area (Å²) in [6.07, 6.45) is 0.813. The molecule has 1 saturated heterocycles. The minimum absolute atomic E-state index is 0.0257. The number of carbonyl (C=O) groups excluding carboxylic acids is 5. The first-order valence-corrected chi connectivity index (χ1v) is 19.7. The highest BCUT2D eigenvalue weighted by molar-refractivity contribution is 6.25. The number of hydrogen-bond acceptors (Lipinski definition) is 15. The van der Waals surface area contributed by atoms with Gasteiger partial charge in [0.1, 0.15) is 29.7 Å². The lowest BCUT2D eigenvalue weighted by Crippen LogP contribution is -2.54. The van der Waals surface area contributed by atoms with Gasteiger partial charge in [0.05, 0.1) is 36.6 Å². The number of aliphatic hydroxyl groups is 1. The fourth-order valence-corrected chi connectivity index (χ4v) is 7.30. The second-order valence-corrected chi connectivity index (χ2v) is 14.7. The van der Waals surface area contributed by atoms with Gasteiger partial charge < -0.3 is 40.2 Å². The number of piperidine rings is 1. The number of fused-ring (bicyclic) bond motifs is 2. The summed E-state index contributed by atoms with van der Waals surface area (Å²) >= 11 is 0. The summed E-state index contributed by atoms with van der Waals surface area (Å²) in [5, 5.41) is 31.2. The Morgan fingerprint density at radius 2 is 1.86 bits per heavy atom. The summed E-state index contributed by atoms with van der Waals surface area (Å²) in [7, 11) is 1.95. The van der Waals surface area contributed by atoms with Crippen LogP contribution in [-0.2, 0) is 38.8 Å². The van der Waals surface area contributed by atoms with E-state index in [1.54, 1.807) is 18.5 Å². The maximum absolute atomic E-state index is 13.3.